The maximum Gasteiger partial charge on any atom is 0.256 e. The second-order valence-corrected chi connectivity index (χ2v) is 6.19. The van der Waals surface area contributed by atoms with E-state index in [1.807, 2.05) is 37.1 Å². The fraction of sp³-hybridized carbons (Fsp3) is 0.250. The fourth-order valence-corrected chi connectivity index (χ4v) is 2.85. The van der Waals surface area contributed by atoms with Gasteiger partial charge in [0.1, 0.15) is 5.82 Å². The van der Waals surface area contributed by atoms with E-state index in [9.17, 15) is 4.79 Å². The third-order valence-corrected chi connectivity index (χ3v) is 4.44. The Bertz CT molecular complexity index is 978. The highest BCUT2D eigenvalue weighted by molar-refractivity contribution is 5.97. The molecule has 0 aliphatic heterocycles. The van der Waals surface area contributed by atoms with Crippen LogP contribution in [-0.2, 0) is 0 Å². The summed E-state index contributed by atoms with van der Waals surface area (Å²) in [6.07, 6.45) is 4.90. The number of para-hydroxylation sites is 1. The number of pyridine rings is 1. The molecule has 0 bridgehead atoms. The predicted molar refractivity (Wildman–Crippen MR) is 105 cm³/mol. The van der Waals surface area contributed by atoms with E-state index in [2.05, 4.69) is 21.4 Å². The molecule has 3 aromatic rings. The Morgan fingerprint density at radius 1 is 1.21 bits per heavy atom. The minimum Gasteiger partial charge on any atom is -0.358 e. The summed E-state index contributed by atoms with van der Waals surface area (Å²) in [5.41, 5.74) is 1.82. The number of benzene rings is 1. The minimum atomic E-state index is -0.0688. The normalized spacial score (nSPS) is 10.3. The Balaban J connectivity index is 1.74. The van der Waals surface area contributed by atoms with Crippen LogP contribution >= 0.6 is 0 Å². The number of rotatable bonds is 7. The van der Waals surface area contributed by atoms with Gasteiger partial charge in [0.2, 0.25) is 0 Å². The summed E-state index contributed by atoms with van der Waals surface area (Å²) in [7, 11) is 1.89. The number of anilines is 1. The summed E-state index contributed by atoms with van der Waals surface area (Å²) in [4.78, 5) is 21.1. The van der Waals surface area contributed by atoms with Crippen molar-refractivity contribution in [3.05, 3.63) is 66.1 Å². The Morgan fingerprint density at radius 3 is 2.75 bits per heavy atom. The van der Waals surface area contributed by atoms with Gasteiger partial charge < -0.3 is 9.80 Å². The summed E-state index contributed by atoms with van der Waals surface area (Å²) >= 11 is 0. The van der Waals surface area contributed by atoms with Crippen LogP contribution in [0.4, 0.5) is 5.82 Å². The molecule has 0 N–H and O–H groups in total. The Hall–Kier alpha value is -3.73. The van der Waals surface area contributed by atoms with Gasteiger partial charge >= 0.3 is 0 Å². The summed E-state index contributed by atoms with van der Waals surface area (Å²) in [5.74, 6) is 0.631. The zero-order chi connectivity index (χ0) is 19.9. The van der Waals surface area contributed by atoms with Crippen LogP contribution in [0, 0.1) is 11.3 Å². The van der Waals surface area contributed by atoms with Crippen molar-refractivity contribution in [2.45, 2.75) is 6.92 Å². The van der Waals surface area contributed by atoms with Gasteiger partial charge in [0.05, 0.1) is 35.3 Å². The third-order valence-electron chi connectivity index (χ3n) is 4.44. The summed E-state index contributed by atoms with van der Waals surface area (Å²) in [6.45, 7) is 3.64. The zero-order valence-electron chi connectivity index (χ0n) is 15.9. The van der Waals surface area contributed by atoms with Crippen LogP contribution in [0.15, 0.2) is 55.0 Å². The molecule has 0 unspecified atom stereocenters. The van der Waals surface area contributed by atoms with E-state index in [0.29, 0.717) is 42.3 Å². The van der Waals surface area contributed by atoms with Crippen molar-refractivity contribution in [2.24, 2.45) is 0 Å². The highest BCUT2D eigenvalue weighted by atomic mass is 16.2. The number of carbonyl (C=O) groups excluding carboxylic acids is 1. The molecule has 142 valence electrons. The molecule has 1 amide bonds. The van der Waals surface area contributed by atoms with Crippen LogP contribution in [-0.4, -0.2) is 57.5 Å². The van der Waals surface area contributed by atoms with Gasteiger partial charge in [-0.2, -0.15) is 5.26 Å². The van der Waals surface area contributed by atoms with Gasteiger partial charge in [-0.15, -0.1) is 5.10 Å². The molecule has 0 fully saturated rings. The molecule has 0 aliphatic rings. The number of amides is 1. The van der Waals surface area contributed by atoms with E-state index >= 15 is 0 Å². The van der Waals surface area contributed by atoms with Crippen LogP contribution in [0.3, 0.4) is 0 Å². The van der Waals surface area contributed by atoms with Gasteiger partial charge in [0.25, 0.3) is 5.91 Å². The molecule has 8 nitrogen and oxygen atoms in total. The first-order valence-corrected chi connectivity index (χ1v) is 8.96. The van der Waals surface area contributed by atoms with Gasteiger partial charge in [-0.05, 0) is 31.2 Å². The maximum atomic E-state index is 13.1. The number of likely N-dealkylation sites (N-methyl/N-ethyl adjacent to an activating group) is 2. The van der Waals surface area contributed by atoms with E-state index in [1.165, 1.54) is 0 Å². The maximum absolute atomic E-state index is 13.1. The smallest absolute Gasteiger partial charge is 0.256 e. The highest BCUT2D eigenvalue weighted by Crippen LogP contribution is 2.16. The number of hydrogen-bond acceptors (Lipinski definition) is 6. The number of carbonyl (C=O) groups is 1. The first-order chi connectivity index (χ1) is 13.6. The Kier molecular flexibility index (Phi) is 5.97. The van der Waals surface area contributed by atoms with Crippen LogP contribution in [0.5, 0.6) is 0 Å². The fourth-order valence-electron chi connectivity index (χ4n) is 2.85. The van der Waals surface area contributed by atoms with Gasteiger partial charge in [-0.1, -0.05) is 17.3 Å². The molecular formula is C20H21N7O. The van der Waals surface area contributed by atoms with Crippen molar-refractivity contribution < 1.29 is 4.79 Å². The molecule has 28 heavy (non-hydrogen) atoms. The van der Waals surface area contributed by atoms with E-state index in [1.54, 1.807) is 46.4 Å². The second-order valence-electron chi connectivity index (χ2n) is 6.19. The average Bonchev–Trinajstić information content (AvgIpc) is 3.28. The van der Waals surface area contributed by atoms with Crippen LogP contribution in [0.1, 0.15) is 22.8 Å². The Labute approximate surface area is 163 Å². The first-order valence-electron chi connectivity index (χ1n) is 8.96. The molecule has 8 heteroatoms. The van der Waals surface area contributed by atoms with Crippen molar-refractivity contribution in [2.75, 3.05) is 31.6 Å². The molecule has 0 saturated carbocycles. The third kappa shape index (κ3) is 4.15. The van der Waals surface area contributed by atoms with Gasteiger partial charge in [0.15, 0.2) is 0 Å². The minimum absolute atomic E-state index is 0.0688. The quantitative estimate of drug-likeness (QED) is 0.628. The monoisotopic (exact) mass is 375 g/mol. The molecule has 2 heterocycles. The van der Waals surface area contributed by atoms with Gasteiger partial charge in [-0.25, -0.2) is 9.67 Å². The second kappa shape index (κ2) is 8.77. The summed E-state index contributed by atoms with van der Waals surface area (Å²) in [6, 6.07) is 12.9. The topological polar surface area (TPSA) is 90.9 Å². The first kappa shape index (κ1) is 19.0. The van der Waals surface area contributed by atoms with Crippen molar-refractivity contribution >= 4 is 11.7 Å². The molecule has 0 saturated heterocycles. The van der Waals surface area contributed by atoms with E-state index < -0.39 is 0 Å². The summed E-state index contributed by atoms with van der Waals surface area (Å²) < 4.78 is 1.59. The van der Waals surface area contributed by atoms with Gasteiger partial charge in [-0.3, -0.25) is 4.79 Å². The van der Waals surface area contributed by atoms with E-state index in [0.717, 1.165) is 0 Å². The predicted octanol–water partition coefficient (Wildman–Crippen LogP) is 2.13. The molecule has 0 aliphatic carbocycles. The molecule has 0 radical (unpaired) electrons. The van der Waals surface area contributed by atoms with Gasteiger partial charge in [0, 0.05) is 32.9 Å². The average molecular weight is 375 g/mol. The zero-order valence-corrected chi connectivity index (χ0v) is 15.9. The van der Waals surface area contributed by atoms with E-state index in [-0.39, 0.29) is 5.91 Å². The van der Waals surface area contributed by atoms with E-state index in [4.69, 9.17) is 5.26 Å². The molecule has 3 rings (SSSR count). The molecule has 0 spiro atoms. The highest BCUT2D eigenvalue weighted by Gasteiger charge is 2.19. The number of nitriles is 1. The van der Waals surface area contributed by atoms with Crippen molar-refractivity contribution in [1.82, 2.24) is 24.9 Å². The van der Waals surface area contributed by atoms with Crippen molar-refractivity contribution in [3.8, 4) is 11.8 Å². The SMILES string of the molecule is CCN(CCN(C)c1cc(C#N)ccn1)C(=O)c1ccccc1-n1ccnn1. The number of nitrogens with zero attached hydrogens (tertiary/aromatic N) is 7. The lowest BCUT2D eigenvalue weighted by Crippen LogP contribution is -2.38. The largest absolute Gasteiger partial charge is 0.358 e. The molecular weight excluding hydrogens is 354 g/mol. The van der Waals surface area contributed by atoms with Crippen LogP contribution in [0.2, 0.25) is 0 Å². The van der Waals surface area contributed by atoms with Crippen molar-refractivity contribution in [1.29, 1.82) is 5.26 Å². The standard InChI is InChI=1S/C20H21N7O/c1-3-26(13-12-25(2)19-14-16(15-21)8-9-22-19)20(28)17-6-4-5-7-18(17)27-11-10-23-24-27/h4-11,14H,3,12-13H2,1-2H3. The van der Waals surface area contributed by atoms with Crippen LogP contribution in [0.25, 0.3) is 5.69 Å². The number of aromatic nitrogens is 4. The Morgan fingerprint density at radius 2 is 2.04 bits per heavy atom. The number of hydrogen-bond donors (Lipinski definition) is 0. The summed E-state index contributed by atoms with van der Waals surface area (Å²) in [5, 5.41) is 16.9. The van der Waals surface area contributed by atoms with Crippen molar-refractivity contribution in [3.63, 3.8) is 0 Å². The lowest BCUT2D eigenvalue weighted by molar-refractivity contribution is 0.0768. The lowest BCUT2D eigenvalue weighted by atomic mass is 10.1. The van der Waals surface area contributed by atoms with Crippen LogP contribution < -0.4 is 4.90 Å². The molecule has 1 aromatic carbocycles. The lowest BCUT2D eigenvalue weighted by Gasteiger charge is -2.26. The molecule has 0 atom stereocenters. The molecule has 2 aromatic heterocycles.